The molecular formula is C21H17N5O6S2. The van der Waals surface area contributed by atoms with Crippen LogP contribution in [0.5, 0.6) is 23.0 Å². The van der Waals surface area contributed by atoms with Crippen molar-refractivity contribution in [2.75, 3.05) is 26.3 Å². The van der Waals surface area contributed by atoms with Crippen molar-refractivity contribution in [2.24, 2.45) is 0 Å². The molecule has 1 N–H and O–H groups in total. The second-order valence-electron chi connectivity index (χ2n) is 6.75. The number of rotatable bonds is 8. The molecule has 0 radical (unpaired) electrons. The number of benzene rings is 2. The van der Waals surface area contributed by atoms with Crippen LogP contribution < -0.4 is 24.3 Å². The van der Waals surface area contributed by atoms with E-state index in [1.807, 2.05) is 6.07 Å². The molecule has 2 aromatic heterocycles. The molecule has 1 aliphatic rings. The lowest BCUT2D eigenvalue weighted by molar-refractivity contribution is 0.102. The van der Waals surface area contributed by atoms with Crippen molar-refractivity contribution in [2.45, 2.75) is 10.1 Å². The molecule has 11 nitrogen and oxygen atoms in total. The van der Waals surface area contributed by atoms with Gasteiger partial charge in [0.25, 0.3) is 5.91 Å². The van der Waals surface area contributed by atoms with Gasteiger partial charge in [-0.3, -0.25) is 10.1 Å². The van der Waals surface area contributed by atoms with Gasteiger partial charge in [-0.15, -0.1) is 20.4 Å². The Labute approximate surface area is 201 Å². The maximum Gasteiger partial charge on any atom is 0.257 e. The second kappa shape index (κ2) is 9.57. The van der Waals surface area contributed by atoms with Crippen molar-refractivity contribution in [1.29, 1.82) is 0 Å². The molecule has 0 atom stereocenters. The van der Waals surface area contributed by atoms with Crippen LogP contribution in [0.15, 0.2) is 45.2 Å². The zero-order valence-electron chi connectivity index (χ0n) is 17.9. The van der Waals surface area contributed by atoms with Gasteiger partial charge in [0.1, 0.15) is 0 Å². The van der Waals surface area contributed by atoms with E-state index >= 15 is 0 Å². The Morgan fingerprint density at radius 3 is 2.74 bits per heavy atom. The summed E-state index contributed by atoms with van der Waals surface area (Å²) >= 11 is 2.61. The summed E-state index contributed by atoms with van der Waals surface area (Å²) in [6, 6.07) is 10.3. The minimum absolute atomic E-state index is 0.198. The summed E-state index contributed by atoms with van der Waals surface area (Å²) in [5.41, 5.74) is 1.15. The van der Waals surface area contributed by atoms with Crippen LogP contribution in [0.2, 0.25) is 0 Å². The number of aromatic nitrogens is 4. The highest BCUT2D eigenvalue weighted by Crippen LogP contribution is 2.36. The predicted octanol–water partition coefficient (Wildman–Crippen LogP) is 3.88. The topological polar surface area (TPSA) is 131 Å². The van der Waals surface area contributed by atoms with Gasteiger partial charge in [0.05, 0.1) is 20.0 Å². The lowest BCUT2D eigenvalue weighted by Crippen LogP contribution is -2.11. The summed E-state index contributed by atoms with van der Waals surface area (Å²) in [6.45, 7) is 0.198. The SMILES string of the molecule is COc1ccc(C(=O)Nc2nnc(SCc3nnc(-c4ccc5c(c4)OCO5)o3)s2)cc1OC. The van der Waals surface area contributed by atoms with E-state index < -0.39 is 0 Å². The highest BCUT2D eigenvalue weighted by molar-refractivity contribution is 8.00. The Morgan fingerprint density at radius 2 is 1.88 bits per heavy atom. The standard InChI is InChI=1S/C21H17N5O6S2/c1-28-13-5-3-11(7-15(13)29-2)18(27)22-20-25-26-21(34-20)33-9-17-23-24-19(32-17)12-4-6-14-16(8-12)31-10-30-14/h3-8H,9-10H2,1-2H3,(H,22,25,27). The number of anilines is 1. The van der Waals surface area contributed by atoms with Crippen LogP contribution in [0.1, 0.15) is 16.2 Å². The first-order valence-electron chi connectivity index (χ1n) is 9.85. The van der Waals surface area contributed by atoms with Crippen LogP contribution in [0.4, 0.5) is 5.13 Å². The highest BCUT2D eigenvalue weighted by atomic mass is 32.2. The summed E-state index contributed by atoms with van der Waals surface area (Å²) in [6.07, 6.45) is 0. The van der Waals surface area contributed by atoms with Crippen molar-refractivity contribution in [3.8, 4) is 34.5 Å². The fraction of sp³-hybridized carbons (Fsp3) is 0.190. The van der Waals surface area contributed by atoms with Crippen molar-refractivity contribution >= 4 is 34.1 Å². The van der Waals surface area contributed by atoms with Crippen LogP contribution in [-0.4, -0.2) is 47.3 Å². The number of nitrogens with one attached hydrogen (secondary N) is 1. The first-order valence-corrected chi connectivity index (χ1v) is 11.6. The number of hydrogen-bond acceptors (Lipinski definition) is 12. The molecule has 1 amide bonds. The molecule has 0 fully saturated rings. The van der Waals surface area contributed by atoms with Crippen LogP contribution in [-0.2, 0) is 5.75 Å². The summed E-state index contributed by atoms with van der Waals surface area (Å²) in [7, 11) is 3.04. The number of amides is 1. The predicted molar refractivity (Wildman–Crippen MR) is 123 cm³/mol. The minimum atomic E-state index is -0.334. The molecular weight excluding hydrogens is 482 g/mol. The molecule has 2 aromatic carbocycles. The molecule has 0 spiro atoms. The number of nitrogens with zero attached hydrogens (tertiary/aromatic N) is 4. The quantitative estimate of drug-likeness (QED) is 0.280. The fourth-order valence-corrected chi connectivity index (χ4v) is 4.63. The van der Waals surface area contributed by atoms with E-state index in [9.17, 15) is 4.79 Å². The molecule has 5 rings (SSSR count). The Hall–Kier alpha value is -3.84. The Kier molecular flexibility index (Phi) is 6.18. The first kappa shape index (κ1) is 22.0. The van der Waals surface area contributed by atoms with Crippen molar-refractivity contribution < 1.29 is 28.2 Å². The number of carbonyl (C=O) groups excluding carboxylic acids is 1. The number of ether oxygens (including phenoxy) is 4. The Balaban J connectivity index is 1.19. The summed E-state index contributed by atoms with van der Waals surface area (Å²) < 4.78 is 27.5. The van der Waals surface area contributed by atoms with Gasteiger partial charge in [-0.2, -0.15) is 0 Å². The van der Waals surface area contributed by atoms with Gasteiger partial charge < -0.3 is 23.4 Å². The van der Waals surface area contributed by atoms with E-state index in [1.54, 1.807) is 30.3 Å². The molecule has 0 unspecified atom stereocenters. The average molecular weight is 500 g/mol. The molecule has 0 aliphatic carbocycles. The summed E-state index contributed by atoms with van der Waals surface area (Å²) in [4.78, 5) is 12.6. The van der Waals surface area contributed by atoms with E-state index in [0.717, 1.165) is 5.56 Å². The minimum Gasteiger partial charge on any atom is -0.493 e. The number of thioether (sulfide) groups is 1. The zero-order chi connectivity index (χ0) is 23.5. The molecule has 0 bridgehead atoms. The van der Waals surface area contributed by atoms with Crippen LogP contribution in [0.3, 0.4) is 0 Å². The lowest BCUT2D eigenvalue weighted by Gasteiger charge is -2.08. The molecule has 1 aliphatic heterocycles. The molecule has 4 aromatic rings. The number of carbonyl (C=O) groups is 1. The van der Waals surface area contributed by atoms with E-state index in [4.69, 9.17) is 23.4 Å². The molecule has 3 heterocycles. The molecule has 174 valence electrons. The Bertz CT molecular complexity index is 1340. The van der Waals surface area contributed by atoms with Gasteiger partial charge in [-0.05, 0) is 36.4 Å². The normalized spacial score (nSPS) is 11.9. The fourth-order valence-electron chi connectivity index (χ4n) is 3.05. The van der Waals surface area contributed by atoms with Gasteiger partial charge in [-0.25, -0.2) is 0 Å². The molecule has 34 heavy (non-hydrogen) atoms. The van der Waals surface area contributed by atoms with Gasteiger partial charge in [-0.1, -0.05) is 23.1 Å². The van der Waals surface area contributed by atoms with Gasteiger partial charge in [0.15, 0.2) is 27.3 Å². The van der Waals surface area contributed by atoms with E-state index in [0.29, 0.717) is 55.6 Å². The highest BCUT2D eigenvalue weighted by Gasteiger charge is 2.18. The van der Waals surface area contributed by atoms with Gasteiger partial charge >= 0.3 is 0 Å². The third kappa shape index (κ3) is 4.61. The third-order valence-electron chi connectivity index (χ3n) is 4.68. The van der Waals surface area contributed by atoms with E-state index in [-0.39, 0.29) is 12.7 Å². The third-order valence-corrected chi connectivity index (χ3v) is 6.63. The number of methoxy groups -OCH3 is 2. The van der Waals surface area contributed by atoms with Crippen LogP contribution in [0, 0.1) is 0 Å². The molecule has 0 saturated carbocycles. The zero-order valence-corrected chi connectivity index (χ0v) is 19.6. The van der Waals surface area contributed by atoms with Gasteiger partial charge in [0, 0.05) is 11.1 Å². The average Bonchev–Trinajstić information content (AvgIpc) is 3.62. The van der Waals surface area contributed by atoms with Crippen LogP contribution >= 0.6 is 23.1 Å². The monoisotopic (exact) mass is 499 g/mol. The maximum absolute atomic E-state index is 12.6. The molecule has 13 heteroatoms. The maximum atomic E-state index is 12.6. The van der Waals surface area contributed by atoms with E-state index in [2.05, 4.69) is 25.7 Å². The largest absolute Gasteiger partial charge is 0.493 e. The van der Waals surface area contributed by atoms with Crippen molar-refractivity contribution in [1.82, 2.24) is 20.4 Å². The summed E-state index contributed by atoms with van der Waals surface area (Å²) in [5.74, 6) is 3.21. The lowest BCUT2D eigenvalue weighted by atomic mass is 10.2. The van der Waals surface area contributed by atoms with Crippen molar-refractivity contribution in [3.63, 3.8) is 0 Å². The number of hydrogen-bond donors (Lipinski definition) is 1. The Morgan fingerprint density at radius 1 is 1.03 bits per heavy atom. The first-order chi connectivity index (χ1) is 16.6. The van der Waals surface area contributed by atoms with Gasteiger partial charge in [0.2, 0.25) is 23.7 Å². The smallest absolute Gasteiger partial charge is 0.257 e. The molecule has 0 saturated heterocycles. The summed E-state index contributed by atoms with van der Waals surface area (Å²) in [5, 5.41) is 19.4. The number of fused-ring (bicyclic) bond motifs is 1. The second-order valence-corrected chi connectivity index (χ2v) is 8.95. The van der Waals surface area contributed by atoms with Crippen molar-refractivity contribution in [3.05, 3.63) is 47.9 Å². The van der Waals surface area contributed by atoms with Crippen LogP contribution in [0.25, 0.3) is 11.5 Å². The van der Waals surface area contributed by atoms with E-state index in [1.165, 1.54) is 37.3 Å².